The smallest absolute Gasteiger partial charge is 0.201 e. The van der Waals surface area contributed by atoms with Gasteiger partial charge in [-0.25, -0.2) is 0 Å². The van der Waals surface area contributed by atoms with E-state index in [1.165, 1.54) is 0 Å². The van der Waals surface area contributed by atoms with Crippen LogP contribution in [0.25, 0.3) is 0 Å². The van der Waals surface area contributed by atoms with Crippen LogP contribution in [0.1, 0.15) is 34.6 Å². The average Bonchev–Trinajstić information content (AvgIpc) is 1.48. The largest absolute Gasteiger partial charge is 0.344 e. The van der Waals surface area contributed by atoms with E-state index in [2.05, 4.69) is 0 Å². The lowest BCUT2D eigenvalue weighted by Crippen LogP contribution is -2.14. The molecule has 1 unspecified atom stereocenters. The molecule has 3 heteroatoms. The molecular formula is C9H21O2P. The van der Waals surface area contributed by atoms with Crippen LogP contribution in [0.3, 0.4) is 0 Å². The van der Waals surface area contributed by atoms with Crippen molar-refractivity contribution in [2.45, 2.75) is 34.6 Å². The van der Waals surface area contributed by atoms with Gasteiger partial charge in [-0.2, -0.15) is 0 Å². The Balaban J connectivity index is 4.15. The Kier molecular flexibility index (Phi) is 3.99. The van der Waals surface area contributed by atoms with Crippen molar-refractivity contribution in [2.75, 3.05) is 12.3 Å². The second-order valence-electron chi connectivity index (χ2n) is 5.14. The SMILES string of the molecule is CC(C)CP(=O)(O)CC(C)(C)C. The Hall–Kier alpha value is 0.190. The molecule has 74 valence electrons. The molecule has 0 aliphatic heterocycles. The minimum absolute atomic E-state index is 0.0425. The van der Waals surface area contributed by atoms with E-state index in [1.54, 1.807) is 0 Å². The van der Waals surface area contributed by atoms with Gasteiger partial charge in [0.1, 0.15) is 0 Å². The molecule has 0 aliphatic carbocycles. The van der Waals surface area contributed by atoms with Gasteiger partial charge in [0.15, 0.2) is 0 Å². The van der Waals surface area contributed by atoms with E-state index >= 15 is 0 Å². The second kappa shape index (κ2) is 3.93. The monoisotopic (exact) mass is 192 g/mol. The summed E-state index contributed by atoms with van der Waals surface area (Å²) in [4.78, 5) is 9.58. The molecule has 0 spiro atoms. The first-order chi connectivity index (χ1) is 5.12. The van der Waals surface area contributed by atoms with Crippen molar-refractivity contribution in [1.29, 1.82) is 0 Å². The summed E-state index contributed by atoms with van der Waals surface area (Å²) in [5.74, 6) is 0.309. The van der Waals surface area contributed by atoms with Gasteiger partial charge in [-0.15, -0.1) is 0 Å². The van der Waals surface area contributed by atoms with E-state index in [4.69, 9.17) is 0 Å². The van der Waals surface area contributed by atoms with Crippen LogP contribution in [0.2, 0.25) is 0 Å². The molecule has 0 aromatic heterocycles. The summed E-state index contributed by atoms with van der Waals surface area (Å²) in [5, 5.41) is 0. The van der Waals surface area contributed by atoms with Crippen LogP contribution in [-0.4, -0.2) is 17.2 Å². The van der Waals surface area contributed by atoms with Gasteiger partial charge in [0, 0.05) is 12.3 Å². The lowest BCUT2D eigenvalue weighted by atomic mass is 10.0. The van der Waals surface area contributed by atoms with Gasteiger partial charge in [0.05, 0.1) is 0 Å². The Labute approximate surface area is 75.8 Å². The predicted octanol–water partition coefficient (Wildman–Crippen LogP) is 2.96. The number of hydrogen-bond acceptors (Lipinski definition) is 1. The average molecular weight is 192 g/mol. The van der Waals surface area contributed by atoms with Gasteiger partial charge in [-0.3, -0.25) is 4.57 Å². The molecule has 0 aromatic rings. The van der Waals surface area contributed by atoms with Crippen LogP contribution in [-0.2, 0) is 4.57 Å². The summed E-state index contributed by atoms with van der Waals surface area (Å²) in [7, 11) is -2.87. The standard InChI is InChI=1S/C9H21O2P/c1-8(2)6-12(10,11)7-9(3,4)5/h8H,6-7H2,1-5H3,(H,10,11). The Morgan fingerprint density at radius 2 is 1.75 bits per heavy atom. The van der Waals surface area contributed by atoms with Crippen molar-refractivity contribution >= 4 is 7.37 Å². The van der Waals surface area contributed by atoms with Crippen molar-refractivity contribution in [3.05, 3.63) is 0 Å². The van der Waals surface area contributed by atoms with Gasteiger partial charge >= 0.3 is 0 Å². The molecule has 0 amide bonds. The van der Waals surface area contributed by atoms with Crippen LogP contribution in [0.5, 0.6) is 0 Å². The van der Waals surface area contributed by atoms with Crippen molar-refractivity contribution in [2.24, 2.45) is 11.3 Å². The summed E-state index contributed by atoms with van der Waals surface area (Å²) in [5.41, 5.74) is -0.0425. The highest BCUT2D eigenvalue weighted by Gasteiger charge is 2.26. The first kappa shape index (κ1) is 12.2. The molecule has 0 bridgehead atoms. The molecule has 0 saturated heterocycles. The Morgan fingerprint density at radius 1 is 1.33 bits per heavy atom. The van der Waals surface area contributed by atoms with E-state index in [-0.39, 0.29) is 5.41 Å². The molecule has 0 heterocycles. The van der Waals surface area contributed by atoms with Crippen molar-refractivity contribution in [1.82, 2.24) is 0 Å². The van der Waals surface area contributed by atoms with Gasteiger partial charge < -0.3 is 4.89 Å². The maximum atomic E-state index is 11.6. The first-order valence-corrected chi connectivity index (χ1v) is 6.46. The fourth-order valence-corrected chi connectivity index (χ4v) is 4.13. The number of hydrogen-bond donors (Lipinski definition) is 1. The molecule has 0 aromatic carbocycles. The third-order valence-electron chi connectivity index (χ3n) is 1.37. The zero-order valence-corrected chi connectivity index (χ0v) is 9.69. The van der Waals surface area contributed by atoms with E-state index in [1.807, 2.05) is 34.6 Å². The zero-order valence-electron chi connectivity index (χ0n) is 8.79. The second-order valence-corrected chi connectivity index (χ2v) is 7.52. The van der Waals surface area contributed by atoms with E-state index in [0.717, 1.165) is 0 Å². The van der Waals surface area contributed by atoms with Gasteiger partial charge in [0.2, 0.25) is 7.37 Å². The summed E-state index contributed by atoms with van der Waals surface area (Å²) in [6.45, 7) is 9.94. The lowest BCUT2D eigenvalue weighted by Gasteiger charge is -2.23. The normalized spacial score (nSPS) is 17.9. The van der Waals surface area contributed by atoms with Gasteiger partial charge in [-0.05, 0) is 11.3 Å². The maximum absolute atomic E-state index is 11.6. The van der Waals surface area contributed by atoms with E-state index in [9.17, 15) is 9.46 Å². The van der Waals surface area contributed by atoms with Crippen LogP contribution in [0, 0.1) is 11.3 Å². The van der Waals surface area contributed by atoms with E-state index in [0.29, 0.717) is 18.2 Å². The molecule has 0 radical (unpaired) electrons. The minimum Gasteiger partial charge on any atom is -0.344 e. The third kappa shape index (κ3) is 6.87. The molecule has 1 N–H and O–H groups in total. The predicted molar refractivity (Wildman–Crippen MR) is 53.9 cm³/mol. The summed E-state index contributed by atoms with van der Waals surface area (Å²) in [6, 6.07) is 0. The molecule has 1 atom stereocenters. The summed E-state index contributed by atoms with van der Waals surface area (Å²) in [6.07, 6.45) is 0.877. The third-order valence-corrected chi connectivity index (χ3v) is 4.12. The van der Waals surface area contributed by atoms with Gasteiger partial charge in [0.25, 0.3) is 0 Å². The summed E-state index contributed by atoms with van der Waals surface area (Å²) >= 11 is 0. The van der Waals surface area contributed by atoms with Crippen molar-refractivity contribution in [3.8, 4) is 0 Å². The highest BCUT2D eigenvalue weighted by Crippen LogP contribution is 2.47. The van der Waals surface area contributed by atoms with Crippen LogP contribution in [0.4, 0.5) is 0 Å². The zero-order chi connectivity index (χ0) is 9.99. The van der Waals surface area contributed by atoms with Crippen LogP contribution in [0.15, 0.2) is 0 Å². The summed E-state index contributed by atoms with van der Waals surface area (Å²) < 4.78 is 11.6. The fraction of sp³-hybridized carbons (Fsp3) is 1.00. The molecule has 12 heavy (non-hydrogen) atoms. The molecule has 0 aliphatic rings. The Morgan fingerprint density at radius 3 is 2.00 bits per heavy atom. The maximum Gasteiger partial charge on any atom is 0.201 e. The van der Waals surface area contributed by atoms with Crippen molar-refractivity contribution < 1.29 is 9.46 Å². The van der Waals surface area contributed by atoms with Gasteiger partial charge in [-0.1, -0.05) is 34.6 Å². The highest BCUT2D eigenvalue weighted by molar-refractivity contribution is 7.58. The van der Waals surface area contributed by atoms with E-state index < -0.39 is 7.37 Å². The molecule has 0 saturated carbocycles. The minimum atomic E-state index is -2.87. The Bertz CT molecular complexity index is 179. The lowest BCUT2D eigenvalue weighted by molar-refractivity contribution is 0.413. The number of rotatable bonds is 3. The molecule has 0 fully saturated rings. The van der Waals surface area contributed by atoms with Crippen LogP contribution < -0.4 is 0 Å². The molecule has 0 rings (SSSR count). The highest BCUT2D eigenvalue weighted by atomic mass is 31.2. The first-order valence-electron chi connectivity index (χ1n) is 4.43. The molecular weight excluding hydrogens is 171 g/mol. The fourth-order valence-electron chi connectivity index (χ4n) is 1.38. The van der Waals surface area contributed by atoms with Crippen molar-refractivity contribution in [3.63, 3.8) is 0 Å². The van der Waals surface area contributed by atoms with Crippen LogP contribution >= 0.6 is 7.37 Å². The quantitative estimate of drug-likeness (QED) is 0.698. The molecule has 2 nitrogen and oxygen atoms in total. The topological polar surface area (TPSA) is 37.3 Å².